The Bertz CT molecular complexity index is 475. The number of imidazole rings is 1. The van der Waals surface area contributed by atoms with Gasteiger partial charge in [0.25, 0.3) is 0 Å². The maximum absolute atomic E-state index is 10.6. The molecule has 0 spiro atoms. The summed E-state index contributed by atoms with van der Waals surface area (Å²) in [6.07, 6.45) is 3.20. The molecule has 0 atom stereocenters. The molecule has 1 N–H and O–H groups in total. The molecule has 0 aliphatic carbocycles. The molecule has 0 aliphatic rings. The van der Waals surface area contributed by atoms with Gasteiger partial charge in [-0.2, -0.15) is 5.10 Å². The van der Waals surface area contributed by atoms with Crippen molar-refractivity contribution in [2.45, 2.75) is 6.92 Å². The number of carbonyl (C=O) groups is 1. The molecule has 0 saturated heterocycles. The van der Waals surface area contributed by atoms with Gasteiger partial charge < -0.3 is 5.11 Å². The largest absolute Gasteiger partial charge is 0.476 e. The molecular weight excluding hydrogens is 170 g/mol. The molecule has 0 bridgehead atoms. The molecule has 0 radical (unpaired) electrons. The summed E-state index contributed by atoms with van der Waals surface area (Å²) in [4.78, 5) is 14.6. The number of aromatic nitrogens is 3. The van der Waals surface area contributed by atoms with Crippen molar-refractivity contribution in [1.82, 2.24) is 14.6 Å². The van der Waals surface area contributed by atoms with Crippen LogP contribution >= 0.6 is 0 Å². The van der Waals surface area contributed by atoms with Gasteiger partial charge >= 0.3 is 5.97 Å². The maximum Gasteiger partial charge on any atom is 0.356 e. The van der Waals surface area contributed by atoms with E-state index in [9.17, 15) is 4.79 Å². The van der Waals surface area contributed by atoms with E-state index in [1.807, 2.05) is 0 Å². The lowest BCUT2D eigenvalue weighted by molar-refractivity contribution is 0.0688. The highest BCUT2D eigenvalue weighted by molar-refractivity contribution is 5.85. The SMILES string of the molecule is Cc1cc(C(=O)O)nn2ccnc12. The summed E-state index contributed by atoms with van der Waals surface area (Å²) < 4.78 is 1.46. The van der Waals surface area contributed by atoms with Crippen LogP contribution in [0.5, 0.6) is 0 Å². The number of aryl methyl sites for hydroxylation is 1. The van der Waals surface area contributed by atoms with E-state index in [2.05, 4.69) is 10.1 Å². The van der Waals surface area contributed by atoms with Crippen LogP contribution in [0.15, 0.2) is 18.5 Å². The predicted molar refractivity (Wildman–Crippen MR) is 44.7 cm³/mol. The lowest BCUT2D eigenvalue weighted by Crippen LogP contribution is -2.05. The average molecular weight is 177 g/mol. The second-order valence-corrected chi connectivity index (χ2v) is 2.71. The Kier molecular flexibility index (Phi) is 1.51. The van der Waals surface area contributed by atoms with Crippen LogP contribution in [0.4, 0.5) is 0 Å². The van der Waals surface area contributed by atoms with Crippen molar-refractivity contribution >= 4 is 11.6 Å². The van der Waals surface area contributed by atoms with Gasteiger partial charge in [0.15, 0.2) is 11.3 Å². The van der Waals surface area contributed by atoms with Crippen molar-refractivity contribution in [1.29, 1.82) is 0 Å². The Morgan fingerprint density at radius 3 is 3.08 bits per heavy atom. The van der Waals surface area contributed by atoms with Gasteiger partial charge in [-0.3, -0.25) is 0 Å². The normalized spacial score (nSPS) is 10.5. The Morgan fingerprint density at radius 2 is 2.38 bits per heavy atom. The van der Waals surface area contributed by atoms with E-state index in [1.54, 1.807) is 19.3 Å². The maximum atomic E-state index is 10.6. The van der Waals surface area contributed by atoms with Crippen LogP contribution in [-0.4, -0.2) is 25.7 Å². The van der Waals surface area contributed by atoms with Gasteiger partial charge in [-0.15, -0.1) is 0 Å². The second kappa shape index (κ2) is 2.55. The highest BCUT2D eigenvalue weighted by Gasteiger charge is 2.08. The highest BCUT2D eigenvalue weighted by atomic mass is 16.4. The number of hydrogen-bond donors (Lipinski definition) is 1. The van der Waals surface area contributed by atoms with E-state index in [4.69, 9.17) is 5.11 Å². The molecule has 13 heavy (non-hydrogen) atoms. The van der Waals surface area contributed by atoms with Gasteiger partial charge in [-0.25, -0.2) is 14.3 Å². The molecule has 0 fully saturated rings. The third-order valence-electron chi connectivity index (χ3n) is 1.76. The first-order valence-electron chi connectivity index (χ1n) is 3.73. The van der Waals surface area contributed by atoms with Crippen LogP contribution < -0.4 is 0 Å². The number of nitrogens with zero attached hydrogens (tertiary/aromatic N) is 3. The Balaban J connectivity index is 2.77. The molecule has 2 aromatic heterocycles. The van der Waals surface area contributed by atoms with Gasteiger partial charge in [0.2, 0.25) is 0 Å². The van der Waals surface area contributed by atoms with E-state index in [0.29, 0.717) is 5.65 Å². The predicted octanol–water partition coefficient (Wildman–Crippen LogP) is 0.736. The van der Waals surface area contributed by atoms with Crippen LogP contribution in [0.3, 0.4) is 0 Å². The minimum Gasteiger partial charge on any atom is -0.476 e. The van der Waals surface area contributed by atoms with Crippen molar-refractivity contribution in [3.8, 4) is 0 Å². The molecule has 2 heterocycles. The smallest absolute Gasteiger partial charge is 0.356 e. The molecular formula is C8H7N3O2. The van der Waals surface area contributed by atoms with Gasteiger partial charge in [0.1, 0.15) is 0 Å². The number of carboxylic acids is 1. The van der Waals surface area contributed by atoms with Crippen molar-refractivity contribution in [2.24, 2.45) is 0 Å². The molecule has 0 aromatic carbocycles. The van der Waals surface area contributed by atoms with Gasteiger partial charge in [-0.05, 0) is 18.6 Å². The number of carboxylic acid groups (broad SMARTS) is 1. The Labute approximate surface area is 73.6 Å². The van der Waals surface area contributed by atoms with Crippen molar-refractivity contribution in [3.63, 3.8) is 0 Å². The van der Waals surface area contributed by atoms with E-state index in [-0.39, 0.29) is 5.69 Å². The zero-order valence-corrected chi connectivity index (χ0v) is 6.93. The molecule has 5 nitrogen and oxygen atoms in total. The summed E-state index contributed by atoms with van der Waals surface area (Å²) >= 11 is 0. The Morgan fingerprint density at radius 1 is 1.62 bits per heavy atom. The zero-order chi connectivity index (χ0) is 9.42. The van der Waals surface area contributed by atoms with Crippen molar-refractivity contribution in [2.75, 3.05) is 0 Å². The van der Waals surface area contributed by atoms with E-state index < -0.39 is 5.97 Å². The van der Waals surface area contributed by atoms with Gasteiger partial charge in [0, 0.05) is 12.4 Å². The summed E-state index contributed by atoms with van der Waals surface area (Å²) in [7, 11) is 0. The summed E-state index contributed by atoms with van der Waals surface area (Å²) in [5.74, 6) is -1.03. The first-order valence-corrected chi connectivity index (χ1v) is 3.73. The number of hydrogen-bond acceptors (Lipinski definition) is 3. The zero-order valence-electron chi connectivity index (χ0n) is 6.93. The number of rotatable bonds is 1. The summed E-state index contributed by atoms with van der Waals surface area (Å²) in [5, 5.41) is 12.6. The van der Waals surface area contributed by atoms with Crippen LogP contribution in [-0.2, 0) is 0 Å². The monoisotopic (exact) mass is 177 g/mol. The summed E-state index contributed by atoms with van der Waals surface area (Å²) in [5.41, 5.74) is 1.52. The fourth-order valence-electron chi connectivity index (χ4n) is 1.18. The quantitative estimate of drug-likeness (QED) is 0.697. The fraction of sp³-hybridized carbons (Fsp3) is 0.125. The van der Waals surface area contributed by atoms with Crippen LogP contribution in [0.25, 0.3) is 5.65 Å². The third-order valence-corrected chi connectivity index (χ3v) is 1.76. The van der Waals surface area contributed by atoms with Crippen LogP contribution in [0.2, 0.25) is 0 Å². The van der Waals surface area contributed by atoms with Gasteiger partial charge in [-0.1, -0.05) is 0 Å². The van der Waals surface area contributed by atoms with E-state index in [0.717, 1.165) is 5.56 Å². The molecule has 0 unspecified atom stereocenters. The molecule has 5 heteroatoms. The molecule has 0 saturated carbocycles. The molecule has 0 amide bonds. The second-order valence-electron chi connectivity index (χ2n) is 2.71. The van der Waals surface area contributed by atoms with Crippen molar-refractivity contribution < 1.29 is 9.90 Å². The number of aromatic carboxylic acids is 1. The first kappa shape index (κ1) is 7.72. The average Bonchev–Trinajstić information content (AvgIpc) is 2.51. The minimum absolute atomic E-state index is 0.0306. The summed E-state index contributed by atoms with van der Waals surface area (Å²) in [6, 6.07) is 1.50. The first-order chi connectivity index (χ1) is 6.18. The molecule has 66 valence electrons. The molecule has 0 aliphatic heterocycles. The highest BCUT2D eigenvalue weighted by Crippen LogP contribution is 2.07. The lowest BCUT2D eigenvalue weighted by atomic mass is 10.3. The Hall–Kier alpha value is -1.91. The van der Waals surface area contributed by atoms with Crippen molar-refractivity contribution in [3.05, 3.63) is 29.7 Å². The number of fused-ring (bicyclic) bond motifs is 1. The standard InChI is InChI=1S/C8H7N3O2/c1-5-4-6(8(12)13)10-11-3-2-9-7(5)11/h2-4H,1H3,(H,12,13). The minimum atomic E-state index is -1.03. The topological polar surface area (TPSA) is 67.5 Å². The molecule has 2 rings (SSSR count). The van der Waals surface area contributed by atoms with Crippen LogP contribution in [0, 0.1) is 6.92 Å². The molecule has 2 aromatic rings. The fourth-order valence-corrected chi connectivity index (χ4v) is 1.18. The third kappa shape index (κ3) is 1.14. The van der Waals surface area contributed by atoms with E-state index in [1.165, 1.54) is 10.6 Å². The van der Waals surface area contributed by atoms with Crippen LogP contribution in [0.1, 0.15) is 16.1 Å². The van der Waals surface area contributed by atoms with Gasteiger partial charge in [0.05, 0.1) is 0 Å². The lowest BCUT2D eigenvalue weighted by Gasteiger charge is -1.98. The summed E-state index contributed by atoms with van der Waals surface area (Å²) in [6.45, 7) is 1.80. The van der Waals surface area contributed by atoms with E-state index >= 15 is 0 Å².